The Morgan fingerprint density at radius 1 is 0.471 bits per heavy atom. The topological polar surface area (TPSA) is 289 Å². The summed E-state index contributed by atoms with van der Waals surface area (Å²) in [6.45, 7) is 0. The normalized spacial score (nSPS) is 4.24. The van der Waals surface area contributed by atoms with Gasteiger partial charge in [-0.15, -0.1) is 0 Å². The quantitative estimate of drug-likeness (QED) is 0.281. The molecule has 0 saturated heterocycles. The van der Waals surface area contributed by atoms with Crippen molar-refractivity contribution in [1.82, 2.24) is 0 Å². The summed E-state index contributed by atoms with van der Waals surface area (Å²) >= 11 is 0. The Hall–Kier alpha value is -1.48. The predicted molar refractivity (Wildman–Crippen MR) is 36.9 cm³/mol. The molecule has 0 aromatic rings. The van der Waals surface area contributed by atoms with Gasteiger partial charge < -0.3 is 62.4 Å². The van der Waals surface area contributed by atoms with Crippen molar-refractivity contribution >= 4 is 0 Å². The van der Waals surface area contributed by atoms with Crippen LogP contribution in [-0.4, -0.2) is 31.7 Å². The molecular weight excluding hydrogens is 346 g/mol. The molecular formula is H3Fe2N3O12. The minimum Gasteiger partial charge on any atom is -0.870 e. The van der Waals surface area contributed by atoms with Gasteiger partial charge in [0.2, 0.25) is 0 Å². The second-order valence-electron chi connectivity index (χ2n) is 0.671. The molecule has 0 aliphatic rings. The number of hydrogen-bond donors (Lipinski definition) is 0. The fourth-order valence-electron chi connectivity index (χ4n) is 0. The van der Waals surface area contributed by atoms with Crippen molar-refractivity contribution in [1.29, 1.82) is 0 Å². The molecule has 0 rings (SSSR count). The second-order valence-corrected chi connectivity index (χ2v) is 0.671. The maximum atomic E-state index is 8.25. The van der Waals surface area contributed by atoms with Gasteiger partial charge in [-0.2, -0.15) is 0 Å². The summed E-state index contributed by atoms with van der Waals surface area (Å²) in [7, 11) is 0. The molecule has 106 valence electrons. The molecule has 0 spiro atoms. The first-order valence-corrected chi connectivity index (χ1v) is 1.64. The van der Waals surface area contributed by atoms with E-state index >= 15 is 0 Å². The van der Waals surface area contributed by atoms with Crippen LogP contribution in [0.25, 0.3) is 0 Å². The van der Waals surface area contributed by atoms with Crippen molar-refractivity contribution in [2.45, 2.75) is 0 Å². The average Bonchev–Trinajstić information content (AvgIpc) is 1.54. The molecule has 0 heterocycles. The van der Waals surface area contributed by atoms with Crippen LogP contribution < -0.4 is 0 Å². The Morgan fingerprint density at radius 3 is 0.471 bits per heavy atom. The first-order chi connectivity index (χ1) is 5.20. The van der Waals surface area contributed by atoms with Gasteiger partial charge in [-0.1, -0.05) is 0 Å². The van der Waals surface area contributed by atoms with Crippen molar-refractivity contribution in [3.8, 4) is 0 Å². The van der Waals surface area contributed by atoms with E-state index in [4.69, 9.17) is 46.0 Å². The molecule has 17 heavy (non-hydrogen) atoms. The van der Waals surface area contributed by atoms with Gasteiger partial charge in [0, 0.05) is 0 Å². The Balaban J connectivity index is -0.0000000104. The molecule has 0 atom stereocenters. The van der Waals surface area contributed by atoms with Crippen LogP contribution >= 0.6 is 0 Å². The van der Waals surface area contributed by atoms with Gasteiger partial charge in [-0.3, -0.25) is 0 Å². The predicted octanol–water partition coefficient (Wildman–Crippen LogP) is -1.25. The maximum Gasteiger partial charge on any atom is 3.00 e. The van der Waals surface area contributed by atoms with E-state index in [1.165, 1.54) is 0 Å². The van der Waals surface area contributed by atoms with E-state index in [2.05, 4.69) is 0 Å². The van der Waals surface area contributed by atoms with Gasteiger partial charge in [0.1, 0.15) is 0 Å². The molecule has 0 aliphatic carbocycles. The molecule has 2 radical (unpaired) electrons. The molecule has 0 fully saturated rings. The summed E-state index contributed by atoms with van der Waals surface area (Å²) in [6.07, 6.45) is 0. The molecule has 0 amide bonds. The average molecular weight is 349 g/mol. The molecule has 0 unspecified atom stereocenters. The molecule has 17 heteroatoms. The number of hydrogen-bond acceptors (Lipinski definition) is 12. The van der Waals surface area contributed by atoms with Gasteiger partial charge >= 0.3 is 34.1 Å². The fourth-order valence-corrected chi connectivity index (χ4v) is 0. The van der Waals surface area contributed by atoms with Crippen molar-refractivity contribution in [3.63, 3.8) is 0 Å². The van der Waals surface area contributed by atoms with Crippen molar-refractivity contribution in [2.24, 2.45) is 0 Å². The van der Waals surface area contributed by atoms with Gasteiger partial charge in [0.15, 0.2) is 0 Å². The van der Waals surface area contributed by atoms with E-state index in [9.17, 15) is 0 Å². The Morgan fingerprint density at radius 2 is 0.471 bits per heavy atom. The zero-order valence-corrected chi connectivity index (χ0v) is 9.27. The Kier molecular flexibility index (Phi) is 160. The van der Waals surface area contributed by atoms with E-state index in [0.717, 1.165) is 0 Å². The van der Waals surface area contributed by atoms with E-state index in [0.29, 0.717) is 0 Å². The van der Waals surface area contributed by atoms with Gasteiger partial charge in [-0.05, 0) is 0 Å². The third-order valence-corrected chi connectivity index (χ3v) is 0. The van der Waals surface area contributed by atoms with Gasteiger partial charge in [-0.25, -0.2) is 0 Å². The molecule has 0 bridgehead atoms. The van der Waals surface area contributed by atoms with Crippen LogP contribution in [0, 0.1) is 46.0 Å². The van der Waals surface area contributed by atoms with Crippen LogP contribution in [0.3, 0.4) is 0 Å². The molecule has 3 N–H and O–H groups in total. The van der Waals surface area contributed by atoms with Crippen LogP contribution in [0.4, 0.5) is 0 Å². The van der Waals surface area contributed by atoms with Crippen LogP contribution in [0.5, 0.6) is 0 Å². The number of rotatable bonds is 0. The second kappa shape index (κ2) is 46.9. The zero-order valence-electron chi connectivity index (χ0n) is 7.06. The largest absolute Gasteiger partial charge is 3.00 e. The molecule has 0 aliphatic heterocycles. The summed E-state index contributed by atoms with van der Waals surface area (Å²) in [6, 6.07) is 0. The molecule has 0 aromatic carbocycles. The molecule has 0 saturated carbocycles. The third-order valence-electron chi connectivity index (χ3n) is 0. The Labute approximate surface area is 112 Å². The summed E-state index contributed by atoms with van der Waals surface area (Å²) in [5, 5.41) is 44.2. The molecule has 15 nitrogen and oxygen atoms in total. The third kappa shape index (κ3) is 1040. The summed E-state index contributed by atoms with van der Waals surface area (Å²) in [4.78, 5) is 24.8. The first-order valence-electron chi connectivity index (χ1n) is 1.64. The fraction of sp³-hybridized carbons (Fsp3) is 0. The molecule has 0 aromatic heterocycles. The summed E-state index contributed by atoms with van der Waals surface area (Å²) < 4.78 is 0. The minimum atomic E-state index is -1.75. The minimum absolute atomic E-state index is 0. The summed E-state index contributed by atoms with van der Waals surface area (Å²) in [5.41, 5.74) is 0. The van der Waals surface area contributed by atoms with Crippen LogP contribution in [0.2, 0.25) is 0 Å². The van der Waals surface area contributed by atoms with Crippen LogP contribution in [-0.2, 0) is 34.1 Å². The van der Waals surface area contributed by atoms with E-state index in [1.807, 2.05) is 0 Å². The van der Waals surface area contributed by atoms with E-state index < -0.39 is 15.3 Å². The van der Waals surface area contributed by atoms with E-state index in [-0.39, 0.29) is 50.6 Å². The van der Waals surface area contributed by atoms with Crippen LogP contribution in [0.1, 0.15) is 0 Å². The standard InChI is InChI=1S/2Fe.3NO3.3H2O/c;;3*2-1(3)4;;;/h;;;;;3*1H2/q2*+3;3*-1;;;/p-3. The van der Waals surface area contributed by atoms with Gasteiger partial charge in [0.05, 0.1) is 15.3 Å². The van der Waals surface area contributed by atoms with Gasteiger partial charge in [0.25, 0.3) is 0 Å². The zero-order chi connectivity index (χ0) is 10.7. The van der Waals surface area contributed by atoms with Crippen LogP contribution in [0.15, 0.2) is 0 Å². The summed E-state index contributed by atoms with van der Waals surface area (Å²) in [5.74, 6) is 0. The van der Waals surface area contributed by atoms with Crippen molar-refractivity contribution in [2.75, 3.05) is 0 Å². The van der Waals surface area contributed by atoms with Crippen molar-refractivity contribution < 1.29 is 65.8 Å². The smallest absolute Gasteiger partial charge is 0.870 e. The van der Waals surface area contributed by atoms with E-state index in [1.54, 1.807) is 0 Å². The number of nitrogens with zero attached hydrogens (tertiary/aromatic N) is 3. The monoisotopic (exact) mass is 349 g/mol. The first kappa shape index (κ1) is 57.9. The van der Waals surface area contributed by atoms with Crippen molar-refractivity contribution in [3.05, 3.63) is 46.0 Å². The maximum absolute atomic E-state index is 8.25. The Bertz CT molecular complexity index is 117. The SMILES string of the molecule is O=[N+]([O-])[O-].O=[N+]([O-])[O-].O=[N+]([O-])[O-].[Fe+3].[Fe+3].[OH-].[OH-].[OH-].